The van der Waals surface area contributed by atoms with Crippen LogP contribution in [0.2, 0.25) is 0 Å². The molecule has 0 saturated carbocycles. The largest absolute Gasteiger partial charge is 0.298 e. The topological polar surface area (TPSA) is 17.1 Å². The Balaban J connectivity index is 3.01. The van der Waals surface area contributed by atoms with Crippen molar-refractivity contribution in [3.05, 3.63) is 34.4 Å². The minimum absolute atomic E-state index is 0.272. The van der Waals surface area contributed by atoms with Gasteiger partial charge >= 0.3 is 0 Å². The Morgan fingerprint density at radius 2 is 1.88 bits per heavy atom. The molecule has 17 heavy (non-hydrogen) atoms. The van der Waals surface area contributed by atoms with Gasteiger partial charge in [-0.1, -0.05) is 31.6 Å². The van der Waals surface area contributed by atoms with Crippen LogP contribution in [0.15, 0.2) is 34.4 Å². The number of carbonyl (C=O) groups is 1. The molecule has 1 aliphatic rings. The van der Waals surface area contributed by atoms with E-state index in [0.717, 1.165) is 17.4 Å². The molecule has 0 saturated heterocycles. The average Bonchev–Trinajstić information content (AvgIpc) is 2.26. The van der Waals surface area contributed by atoms with Gasteiger partial charge in [-0.3, -0.25) is 4.79 Å². The molecule has 0 fully saturated rings. The molecule has 0 amide bonds. The van der Waals surface area contributed by atoms with E-state index >= 15 is 0 Å². The molecule has 1 nitrogen and oxygen atoms in total. The van der Waals surface area contributed by atoms with Gasteiger partial charge in [-0.05, 0) is 62.2 Å². The van der Waals surface area contributed by atoms with Gasteiger partial charge in [0, 0.05) is 0 Å². The molecule has 0 radical (unpaired) electrons. The predicted octanol–water partition coefficient (Wildman–Crippen LogP) is 4.60. The number of allylic oxidation sites excluding steroid dienone is 6. The Morgan fingerprint density at radius 1 is 1.24 bits per heavy atom. The van der Waals surface area contributed by atoms with Gasteiger partial charge in [0.1, 0.15) is 6.29 Å². The van der Waals surface area contributed by atoms with E-state index in [1.165, 1.54) is 30.4 Å². The maximum absolute atomic E-state index is 10.7. The van der Waals surface area contributed by atoms with E-state index < -0.39 is 0 Å². The Bertz CT molecular complexity index is 392. The van der Waals surface area contributed by atoms with E-state index in [1.54, 1.807) is 0 Å². The van der Waals surface area contributed by atoms with E-state index in [1.807, 2.05) is 13.8 Å². The highest BCUT2D eigenvalue weighted by molar-refractivity contribution is 5.74. The number of carbonyl (C=O) groups excluding carboxylic acids is 1. The number of rotatable bonds is 3. The molecule has 1 aliphatic carbocycles. The third-order valence-corrected chi connectivity index (χ3v) is 3.84. The highest BCUT2D eigenvalue weighted by Gasteiger charge is 2.26. The molecule has 0 heterocycles. The van der Waals surface area contributed by atoms with Crippen LogP contribution in [0, 0.1) is 5.41 Å². The Kier molecular flexibility index (Phi) is 4.50. The summed E-state index contributed by atoms with van der Waals surface area (Å²) in [6, 6.07) is 0. The molecular weight excluding hydrogens is 209 g/mol. The maximum Gasteiger partial charge on any atom is 0.146 e. The molecular formula is C16H24O. The van der Waals surface area contributed by atoms with Crippen LogP contribution in [0.5, 0.6) is 0 Å². The van der Waals surface area contributed by atoms with Gasteiger partial charge in [0.15, 0.2) is 0 Å². The predicted molar refractivity (Wildman–Crippen MR) is 73.9 cm³/mol. The molecule has 0 spiro atoms. The van der Waals surface area contributed by atoms with Crippen LogP contribution in [-0.4, -0.2) is 6.29 Å². The molecule has 1 rings (SSSR count). The van der Waals surface area contributed by atoms with Gasteiger partial charge in [-0.25, -0.2) is 0 Å². The van der Waals surface area contributed by atoms with Crippen molar-refractivity contribution in [3.8, 4) is 0 Å². The molecule has 0 aromatic carbocycles. The summed E-state index contributed by atoms with van der Waals surface area (Å²) in [4.78, 5) is 10.7. The summed E-state index contributed by atoms with van der Waals surface area (Å²) in [5, 5.41) is 0. The Morgan fingerprint density at radius 3 is 2.41 bits per heavy atom. The van der Waals surface area contributed by atoms with Crippen molar-refractivity contribution >= 4 is 6.29 Å². The van der Waals surface area contributed by atoms with Crippen LogP contribution >= 0.6 is 0 Å². The molecule has 1 heteroatoms. The van der Waals surface area contributed by atoms with Crippen LogP contribution in [0.1, 0.15) is 53.9 Å². The van der Waals surface area contributed by atoms with Crippen molar-refractivity contribution in [2.45, 2.75) is 53.9 Å². The fourth-order valence-electron chi connectivity index (χ4n) is 2.44. The van der Waals surface area contributed by atoms with Crippen LogP contribution in [0.4, 0.5) is 0 Å². The molecule has 0 atom stereocenters. The summed E-state index contributed by atoms with van der Waals surface area (Å²) in [5.41, 5.74) is 5.08. The fourth-order valence-corrected chi connectivity index (χ4v) is 2.44. The van der Waals surface area contributed by atoms with Gasteiger partial charge in [-0.2, -0.15) is 0 Å². The number of aldehydes is 1. The highest BCUT2D eigenvalue weighted by atomic mass is 16.1. The molecule has 0 aromatic rings. The van der Waals surface area contributed by atoms with Gasteiger partial charge in [0.2, 0.25) is 0 Å². The smallest absolute Gasteiger partial charge is 0.146 e. The lowest BCUT2D eigenvalue weighted by Gasteiger charge is -2.33. The van der Waals surface area contributed by atoms with Crippen molar-refractivity contribution in [1.82, 2.24) is 0 Å². The minimum atomic E-state index is 0.272. The summed E-state index contributed by atoms with van der Waals surface area (Å²) in [6.45, 7) is 10.7. The van der Waals surface area contributed by atoms with Crippen molar-refractivity contribution in [1.29, 1.82) is 0 Å². The van der Waals surface area contributed by atoms with Gasteiger partial charge < -0.3 is 0 Å². The minimum Gasteiger partial charge on any atom is -0.298 e. The van der Waals surface area contributed by atoms with Crippen molar-refractivity contribution in [2.24, 2.45) is 5.41 Å². The number of hydrogen-bond donors (Lipinski definition) is 0. The van der Waals surface area contributed by atoms with E-state index in [2.05, 4.69) is 32.9 Å². The van der Waals surface area contributed by atoms with Crippen LogP contribution in [0.25, 0.3) is 0 Å². The van der Waals surface area contributed by atoms with E-state index in [4.69, 9.17) is 0 Å². The first-order chi connectivity index (χ1) is 7.88. The van der Waals surface area contributed by atoms with Gasteiger partial charge in [0.25, 0.3) is 0 Å². The lowest BCUT2D eigenvalue weighted by molar-refractivity contribution is -0.104. The zero-order valence-corrected chi connectivity index (χ0v) is 11.8. The molecule has 0 bridgehead atoms. The zero-order valence-electron chi connectivity index (χ0n) is 11.8. The number of hydrogen-bond acceptors (Lipinski definition) is 1. The maximum atomic E-state index is 10.7. The lowest BCUT2D eigenvalue weighted by Crippen LogP contribution is -2.19. The standard InChI is InChI=1S/C16H24O/c1-12(14(3)11-17)8-9-15-13(2)7-6-10-16(15,4)5/h8-9,11H,6-7,10H2,1-5H3/b9-8+,14-12+/i14+1. The van der Waals surface area contributed by atoms with Crippen LogP contribution < -0.4 is 0 Å². The van der Waals surface area contributed by atoms with Crippen LogP contribution in [0.3, 0.4) is 0 Å². The van der Waals surface area contributed by atoms with Crippen molar-refractivity contribution in [2.75, 3.05) is 0 Å². The van der Waals surface area contributed by atoms with Gasteiger partial charge in [-0.15, -0.1) is 0 Å². The third-order valence-electron chi connectivity index (χ3n) is 3.84. The normalized spacial score (nSPS) is 21.7. The molecule has 0 aliphatic heterocycles. The monoisotopic (exact) mass is 233 g/mol. The van der Waals surface area contributed by atoms with E-state index in [-0.39, 0.29) is 5.41 Å². The molecule has 0 N–H and O–H groups in total. The molecule has 0 aromatic heterocycles. The SMILES string of the molecule is CC1=C(/C=C/C(C)=[13C](\C)C=O)C(C)(C)CCC1. The lowest BCUT2D eigenvalue weighted by atomic mass is 9.72. The van der Waals surface area contributed by atoms with E-state index in [9.17, 15) is 4.79 Å². The quantitative estimate of drug-likeness (QED) is 0.301. The summed E-state index contributed by atoms with van der Waals surface area (Å²) in [5.74, 6) is 0. The Hall–Kier alpha value is -1.11. The summed E-state index contributed by atoms with van der Waals surface area (Å²) in [6.07, 6.45) is 8.95. The summed E-state index contributed by atoms with van der Waals surface area (Å²) in [7, 11) is 0. The first-order valence-electron chi connectivity index (χ1n) is 6.39. The third kappa shape index (κ3) is 3.42. The second kappa shape index (κ2) is 5.48. The molecule has 94 valence electrons. The summed E-state index contributed by atoms with van der Waals surface area (Å²) < 4.78 is 0. The Labute approximate surface area is 105 Å². The highest BCUT2D eigenvalue weighted by Crippen LogP contribution is 2.40. The van der Waals surface area contributed by atoms with Crippen molar-refractivity contribution in [3.63, 3.8) is 0 Å². The average molecular weight is 233 g/mol. The second-order valence-corrected chi connectivity index (χ2v) is 5.75. The fraction of sp³-hybridized carbons (Fsp3) is 0.562. The van der Waals surface area contributed by atoms with Gasteiger partial charge in [0.05, 0.1) is 0 Å². The summed E-state index contributed by atoms with van der Waals surface area (Å²) >= 11 is 0. The van der Waals surface area contributed by atoms with Crippen LogP contribution in [-0.2, 0) is 4.79 Å². The first-order valence-corrected chi connectivity index (χ1v) is 6.39. The second-order valence-electron chi connectivity index (χ2n) is 5.75. The molecule has 0 unspecified atom stereocenters. The van der Waals surface area contributed by atoms with E-state index in [0.29, 0.717) is 0 Å². The van der Waals surface area contributed by atoms with Crippen molar-refractivity contribution < 1.29 is 4.79 Å². The zero-order chi connectivity index (χ0) is 13.1. The first kappa shape index (κ1) is 14.0.